The average Bonchev–Trinajstić information content (AvgIpc) is 3.10. The lowest BCUT2D eigenvalue weighted by Gasteiger charge is -2.26. The molecule has 5 nitrogen and oxygen atoms in total. The van der Waals surface area contributed by atoms with E-state index in [0.29, 0.717) is 6.42 Å². The number of hydrogen-bond acceptors (Lipinski definition) is 5. The van der Waals surface area contributed by atoms with Crippen molar-refractivity contribution in [2.75, 3.05) is 10.6 Å². The number of carbonyl (C=O) groups excluding carboxylic acids is 1. The van der Waals surface area contributed by atoms with E-state index in [1.54, 1.807) is 11.8 Å². The zero-order valence-corrected chi connectivity index (χ0v) is 20.3. The van der Waals surface area contributed by atoms with Crippen LogP contribution in [-0.2, 0) is 4.79 Å². The summed E-state index contributed by atoms with van der Waals surface area (Å²) >= 11 is 1.69. The highest BCUT2D eigenvalue weighted by Crippen LogP contribution is 2.45. The predicted molar refractivity (Wildman–Crippen MR) is 141 cm³/mol. The molecule has 0 bridgehead atoms. The first-order valence-corrected chi connectivity index (χ1v) is 12.8. The molecule has 4 aromatic rings. The number of nitrogens with zero attached hydrogens (tertiary/aromatic N) is 2. The Kier molecular flexibility index (Phi) is 5.66. The van der Waals surface area contributed by atoms with Crippen LogP contribution in [-0.4, -0.2) is 15.6 Å². The minimum absolute atomic E-state index is 0.201. The van der Waals surface area contributed by atoms with Gasteiger partial charge in [0.25, 0.3) is 0 Å². The molecule has 6 rings (SSSR count). The highest BCUT2D eigenvalue weighted by Gasteiger charge is 2.36. The van der Waals surface area contributed by atoms with Gasteiger partial charge in [-0.25, -0.2) is 4.68 Å². The maximum absolute atomic E-state index is 13.4. The number of anilines is 2. The normalized spacial score (nSPS) is 17.2. The molecule has 0 fully saturated rings. The van der Waals surface area contributed by atoms with Crippen molar-refractivity contribution >= 4 is 28.9 Å². The summed E-state index contributed by atoms with van der Waals surface area (Å²) in [5.41, 5.74) is 6.80. The van der Waals surface area contributed by atoms with Crippen LogP contribution in [0, 0.1) is 6.92 Å². The number of allylic oxidation sites excluding steroid dienone is 1. The maximum atomic E-state index is 13.4. The minimum Gasteiger partial charge on any atom is -0.372 e. The van der Waals surface area contributed by atoms with Gasteiger partial charge in [-0.2, -0.15) is 5.10 Å². The van der Waals surface area contributed by atoms with Crippen molar-refractivity contribution in [1.82, 2.24) is 9.78 Å². The highest BCUT2D eigenvalue weighted by molar-refractivity contribution is 7.99. The Balaban J connectivity index is 1.58. The van der Waals surface area contributed by atoms with Crippen molar-refractivity contribution < 1.29 is 4.79 Å². The van der Waals surface area contributed by atoms with Crippen LogP contribution < -0.4 is 10.6 Å². The van der Waals surface area contributed by atoms with Crippen molar-refractivity contribution in [2.45, 2.75) is 42.1 Å². The van der Waals surface area contributed by atoms with Crippen LogP contribution in [0.2, 0.25) is 0 Å². The Morgan fingerprint density at radius 2 is 1.57 bits per heavy atom. The summed E-state index contributed by atoms with van der Waals surface area (Å²) < 4.78 is 2.02. The van der Waals surface area contributed by atoms with E-state index < -0.39 is 0 Å². The number of hydrogen-bond donors (Lipinski definition) is 2. The zero-order chi connectivity index (χ0) is 23.8. The molecule has 1 aliphatic heterocycles. The Bertz CT molecular complexity index is 1430. The molecule has 0 amide bonds. The van der Waals surface area contributed by atoms with Crippen molar-refractivity contribution in [3.63, 3.8) is 0 Å². The molecule has 1 unspecified atom stereocenters. The number of nitrogens with one attached hydrogen (secondary N) is 2. The topological polar surface area (TPSA) is 59.0 Å². The second-order valence-electron chi connectivity index (χ2n) is 8.88. The smallest absolute Gasteiger partial charge is 0.163 e. The van der Waals surface area contributed by atoms with Crippen molar-refractivity contribution in [3.8, 4) is 5.69 Å². The lowest BCUT2D eigenvalue weighted by atomic mass is 9.87. The van der Waals surface area contributed by atoms with Gasteiger partial charge in [-0.1, -0.05) is 60.3 Å². The van der Waals surface area contributed by atoms with Crippen LogP contribution >= 0.6 is 11.8 Å². The van der Waals surface area contributed by atoms with Crippen LogP contribution in [0.25, 0.3) is 5.69 Å². The Morgan fingerprint density at radius 1 is 0.886 bits per heavy atom. The predicted octanol–water partition coefficient (Wildman–Crippen LogP) is 6.92. The fourth-order valence-electron chi connectivity index (χ4n) is 4.95. The van der Waals surface area contributed by atoms with E-state index in [0.717, 1.165) is 62.4 Å². The highest BCUT2D eigenvalue weighted by atomic mass is 32.2. The molecule has 0 saturated carbocycles. The van der Waals surface area contributed by atoms with Crippen molar-refractivity contribution in [1.29, 1.82) is 0 Å². The van der Waals surface area contributed by atoms with E-state index in [2.05, 4.69) is 47.0 Å². The maximum Gasteiger partial charge on any atom is 0.163 e. The molecule has 174 valence electrons. The molecule has 35 heavy (non-hydrogen) atoms. The third kappa shape index (κ3) is 4.04. The second-order valence-corrected chi connectivity index (χ2v) is 9.95. The molecule has 6 heteroatoms. The Labute approximate surface area is 209 Å². The van der Waals surface area contributed by atoms with Gasteiger partial charge in [0, 0.05) is 28.1 Å². The van der Waals surface area contributed by atoms with E-state index >= 15 is 0 Å². The second kappa shape index (κ2) is 9.12. The number of Topliss-reactive ketones (excluding diaryl/α,β-unsaturated/α-hetero) is 1. The number of benzene rings is 3. The van der Waals surface area contributed by atoms with E-state index in [-0.39, 0.29) is 11.8 Å². The third-order valence-corrected chi connectivity index (χ3v) is 7.66. The fraction of sp³-hybridized carbons (Fsp3) is 0.172. The number of para-hydroxylation sites is 3. The molecule has 1 atom stereocenters. The Morgan fingerprint density at radius 3 is 2.34 bits per heavy atom. The summed E-state index contributed by atoms with van der Waals surface area (Å²) in [4.78, 5) is 14.5. The molecule has 0 radical (unpaired) electrons. The van der Waals surface area contributed by atoms with E-state index in [4.69, 9.17) is 5.10 Å². The lowest BCUT2D eigenvalue weighted by Crippen LogP contribution is -2.24. The van der Waals surface area contributed by atoms with E-state index in [1.165, 1.54) is 0 Å². The molecule has 2 aliphatic rings. The molecule has 3 aromatic carbocycles. The SMILES string of the molecule is Cc1nn(-c2ccccc2)c(Sc2ccccc2)c1C1Nc2ccccc2NC2=C1C(=O)CCC2. The van der Waals surface area contributed by atoms with Crippen LogP contribution in [0.15, 0.2) is 106 Å². The minimum atomic E-state index is -0.294. The van der Waals surface area contributed by atoms with E-state index in [1.807, 2.05) is 60.1 Å². The van der Waals surface area contributed by atoms with Crippen molar-refractivity contribution in [2.24, 2.45) is 0 Å². The molecule has 1 aliphatic carbocycles. The molecule has 0 saturated heterocycles. The number of aryl methyl sites for hydroxylation is 1. The summed E-state index contributed by atoms with van der Waals surface area (Å²) in [5, 5.41) is 13.3. The fourth-order valence-corrected chi connectivity index (χ4v) is 6.07. The largest absolute Gasteiger partial charge is 0.372 e. The number of carbonyl (C=O) groups is 1. The van der Waals surface area contributed by atoms with Crippen LogP contribution in [0.4, 0.5) is 11.4 Å². The first kappa shape index (κ1) is 21.7. The molecule has 1 aromatic heterocycles. The summed E-state index contributed by atoms with van der Waals surface area (Å²) in [5.74, 6) is 0.201. The van der Waals surface area contributed by atoms with Gasteiger partial charge in [0.2, 0.25) is 0 Å². The van der Waals surface area contributed by atoms with Gasteiger partial charge >= 0.3 is 0 Å². The van der Waals surface area contributed by atoms with Gasteiger partial charge in [-0.15, -0.1) is 0 Å². The average molecular weight is 479 g/mol. The van der Waals surface area contributed by atoms with Gasteiger partial charge in [0.1, 0.15) is 5.03 Å². The third-order valence-electron chi connectivity index (χ3n) is 6.57. The summed E-state index contributed by atoms with van der Waals surface area (Å²) in [6.45, 7) is 2.04. The quantitative estimate of drug-likeness (QED) is 0.333. The lowest BCUT2D eigenvalue weighted by molar-refractivity contribution is -0.116. The number of fused-ring (bicyclic) bond motifs is 1. The van der Waals surface area contributed by atoms with Crippen LogP contribution in [0.3, 0.4) is 0 Å². The van der Waals surface area contributed by atoms with Crippen molar-refractivity contribution in [3.05, 3.63) is 107 Å². The summed E-state index contributed by atoms with van der Waals surface area (Å²) in [7, 11) is 0. The molecular weight excluding hydrogens is 452 g/mol. The van der Waals surface area contributed by atoms with Crippen LogP contribution in [0.5, 0.6) is 0 Å². The standard InChI is InChI=1S/C29H26N4OS/c1-19-26(28-27-24(17-10-18-25(27)34)30-22-15-8-9-16-23(22)31-28)29(35-21-13-6-3-7-14-21)33(32-19)20-11-4-2-5-12-20/h2-9,11-16,28,30-31H,10,17-18H2,1H3. The van der Waals surface area contributed by atoms with Gasteiger partial charge in [-0.05, 0) is 56.2 Å². The number of rotatable bonds is 4. The van der Waals surface area contributed by atoms with E-state index in [9.17, 15) is 4.79 Å². The molecule has 2 heterocycles. The molecule has 0 spiro atoms. The molecule has 2 N–H and O–H groups in total. The summed E-state index contributed by atoms with van der Waals surface area (Å²) in [6.07, 6.45) is 2.30. The first-order chi connectivity index (χ1) is 17.2. The van der Waals surface area contributed by atoms with Crippen LogP contribution in [0.1, 0.15) is 36.6 Å². The molecular formula is C29H26N4OS. The Hall–Kier alpha value is -3.77. The van der Waals surface area contributed by atoms with Gasteiger partial charge in [0.05, 0.1) is 28.8 Å². The van der Waals surface area contributed by atoms with Gasteiger partial charge in [-0.3, -0.25) is 4.79 Å². The number of ketones is 1. The zero-order valence-electron chi connectivity index (χ0n) is 19.5. The summed E-state index contributed by atoms with van der Waals surface area (Å²) in [6, 6.07) is 28.4. The number of aromatic nitrogens is 2. The van der Waals surface area contributed by atoms with Gasteiger partial charge in [0.15, 0.2) is 5.78 Å². The van der Waals surface area contributed by atoms with Gasteiger partial charge < -0.3 is 10.6 Å². The first-order valence-electron chi connectivity index (χ1n) is 12.0. The monoisotopic (exact) mass is 478 g/mol.